The fourth-order valence-corrected chi connectivity index (χ4v) is 2.47. The molecule has 0 fully saturated rings. The standard InChI is InChI=1S/C9H13OS.C8H10OS.CHF3O3S/c1-10-8-4-6-9(7-5-8)11(2)3;1-9-8-4-2-7(6-10)3-5-8;2-1(3,4)8(5,6)7/h4-7H,1-3H3;2-5,10H,6H2,1H3;(H,5,6,7)/q+1;;/p-1. The van der Waals surface area contributed by atoms with Crippen LogP contribution < -0.4 is 9.47 Å². The Morgan fingerprint density at radius 2 is 1.28 bits per heavy atom. The Kier molecular flexibility index (Phi) is 12.2. The second-order valence-corrected chi connectivity index (χ2v) is 9.19. The summed E-state index contributed by atoms with van der Waals surface area (Å²) in [7, 11) is -2.39. The van der Waals surface area contributed by atoms with Gasteiger partial charge in [-0.3, -0.25) is 0 Å². The minimum Gasteiger partial charge on any atom is -0.741 e. The Hall–Kier alpha value is -1.56. The molecule has 164 valence electrons. The zero-order valence-corrected chi connectivity index (χ0v) is 18.8. The molecule has 0 saturated heterocycles. The molecule has 0 unspecified atom stereocenters. The minimum absolute atomic E-state index is 0.355. The Bertz CT molecular complexity index is 783. The normalized spacial score (nSPS) is 11.0. The molecular weight excluding hydrogens is 449 g/mol. The molecule has 11 heteroatoms. The van der Waals surface area contributed by atoms with Crippen LogP contribution in [0.1, 0.15) is 5.56 Å². The third kappa shape index (κ3) is 11.3. The van der Waals surface area contributed by atoms with Crippen LogP contribution in [0.25, 0.3) is 0 Å². The van der Waals surface area contributed by atoms with Gasteiger partial charge in [-0.15, -0.1) is 0 Å². The van der Waals surface area contributed by atoms with E-state index in [-0.39, 0.29) is 0 Å². The molecule has 0 bridgehead atoms. The predicted octanol–water partition coefficient (Wildman–Crippen LogP) is 4.11. The number of halogens is 3. The maximum absolute atomic E-state index is 10.7. The Labute approximate surface area is 177 Å². The van der Waals surface area contributed by atoms with E-state index < -0.39 is 15.6 Å². The molecule has 0 aliphatic rings. The molecule has 0 aromatic heterocycles. The van der Waals surface area contributed by atoms with Crippen molar-refractivity contribution in [3.8, 4) is 11.5 Å². The SMILES string of the molecule is COc1ccc(CS)cc1.COc1ccc([S+](C)C)cc1.O=S(=O)([O-])C(F)(F)F. The van der Waals surface area contributed by atoms with Crippen LogP contribution >= 0.6 is 12.6 Å². The van der Waals surface area contributed by atoms with Crippen molar-refractivity contribution in [1.82, 2.24) is 0 Å². The first-order valence-electron chi connectivity index (χ1n) is 7.83. The smallest absolute Gasteiger partial charge is 0.485 e. The quantitative estimate of drug-likeness (QED) is 0.314. The lowest BCUT2D eigenvalue weighted by atomic mass is 10.2. The van der Waals surface area contributed by atoms with Gasteiger partial charge in [-0.2, -0.15) is 25.8 Å². The Morgan fingerprint density at radius 1 is 0.931 bits per heavy atom. The topological polar surface area (TPSA) is 75.7 Å². The van der Waals surface area contributed by atoms with E-state index in [1.165, 1.54) is 10.5 Å². The van der Waals surface area contributed by atoms with Crippen LogP contribution in [0.3, 0.4) is 0 Å². The third-order valence-corrected chi connectivity index (χ3v) is 5.30. The number of benzene rings is 2. The molecule has 0 atom stereocenters. The van der Waals surface area contributed by atoms with Crippen molar-refractivity contribution >= 4 is 33.6 Å². The highest BCUT2D eigenvalue weighted by atomic mass is 32.2. The highest BCUT2D eigenvalue weighted by molar-refractivity contribution is 7.95. The Morgan fingerprint density at radius 3 is 1.52 bits per heavy atom. The summed E-state index contributed by atoms with van der Waals surface area (Å²) in [5, 5.41) is 0. The van der Waals surface area contributed by atoms with Crippen LogP contribution in [-0.4, -0.2) is 45.2 Å². The summed E-state index contributed by atoms with van der Waals surface area (Å²) >= 11 is 4.13. The van der Waals surface area contributed by atoms with Crippen LogP contribution in [0, 0.1) is 0 Å². The predicted molar refractivity (Wildman–Crippen MR) is 112 cm³/mol. The summed E-state index contributed by atoms with van der Waals surface area (Å²) in [6.45, 7) is 0. The van der Waals surface area contributed by atoms with Gasteiger partial charge >= 0.3 is 5.51 Å². The van der Waals surface area contributed by atoms with Gasteiger partial charge in [-0.05, 0) is 42.0 Å². The van der Waals surface area contributed by atoms with E-state index >= 15 is 0 Å². The molecule has 0 aliphatic carbocycles. The van der Waals surface area contributed by atoms with Crippen LogP contribution in [-0.2, 0) is 26.8 Å². The van der Waals surface area contributed by atoms with E-state index in [4.69, 9.17) is 22.4 Å². The van der Waals surface area contributed by atoms with Gasteiger partial charge < -0.3 is 14.0 Å². The number of thiol groups is 1. The zero-order chi connectivity index (χ0) is 22.7. The molecule has 2 aromatic rings. The van der Waals surface area contributed by atoms with Gasteiger partial charge in [0, 0.05) is 16.6 Å². The lowest BCUT2D eigenvalue weighted by molar-refractivity contribution is -0.0517. The average Bonchev–Trinajstić information content (AvgIpc) is 2.67. The van der Waals surface area contributed by atoms with Gasteiger partial charge in [-0.25, -0.2) is 8.42 Å². The molecule has 2 aromatic carbocycles. The average molecular weight is 473 g/mol. The van der Waals surface area contributed by atoms with Crippen molar-refractivity contribution in [3.63, 3.8) is 0 Å². The third-order valence-electron chi connectivity index (χ3n) is 3.16. The van der Waals surface area contributed by atoms with Crippen LogP contribution in [0.5, 0.6) is 11.5 Å². The molecule has 2 rings (SSSR count). The lowest BCUT2D eigenvalue weighted by Crippen LogP contribution is -2.21. The highest BCUT2D eigenvalue weighted by Crippen LogP contribution is 2.20. The molecule has 5 nitrogen and oxygen atoms in total. The van der Waals surface area contributed by atoms with Crippen molar-refractivity contribution in [3.05, 3.63) is 54.1 Å². The molecule has 0 spiro atoms. The van der Waals surface area contributed by atoms with Crippen LogP contribution in [0.2, 0.25) is 0 Å². The van der Waals surface area contributed by atoms with E-state index in [0.29, 0.717) is 10.9 Å². The van der Waals surface area contributed by atoms with Gasteiger partial charge in [0.25, 0.3) is 0 Å². The van der Waals surface area contributed by atoms with E-state index in [1.807, 2.05) is 36.4 Å². The molecule has 0 heterocycles. The van der Waals surface area contributed by atoms with Gasteiger partial charge in [0.2, 0.25) is 0 Å². The molecule has 0 aliphatic heterocycles. The zero-order valence-electron chi connectivity index (χ0n) is 16.3. The van der Waals surface area contributed by atoms with Crippen molar-refractivity contribution in [1.29, 1.82) is 0 Å². The summed E-state index contributed by atoms with van der Waals surface area (Å²) in [6, 6.07) is 16.1. The number of alkyl halides is 3. The molecule has 29 heavy (non-hydrogen) atoms. The van der Waals surface area contributed by atoms with Crippen molar-refractivity contribution in [2.75, 3.05) is 26.7 Å². The second kappa shape index (κ2) is 12.9. The van der Waals surface area contributed by atoms with E-state index in [9.17, 15) is 13.2 Å². The number of hydrogen-bond donors (Lipinski definition) is 1. The summed E-state index contributed by atoms with van der Waals surface area (Å²) in [6.07, 6.45) is 4.42. The number of rotatable bonds is 4. The van der Waals surface area contributed by atoms with Gasteiger partial charge in [0.15, 0.2) is 15.0 Å². The molecule has 0 N–H and O–H groups in total. The van der Waals surface area contributed by atoms with Crippen LogP contribution in [0.15, 0.2) is 53.4 Å². The number of hydrogen-bond acceptors (Lipinski definition) is 6. The van der Waals surface area contributed by atoms with Crippen molar-refractivity contribution in [2.24, 2.45) is 0 Å². The largest absolute Gasteiger partial charge is 0.741 e. The fraction of sp³-hybridized carbons (Fsp3) is 0.333. The summed E-state index contributed by atoms with van der Waals surface area (Å²) < 4.78 is 68.9. The van der Waals surface area contributed by atoms with Gasteiger partial charge in [-0.1, -0.05) is 12.1 Å². The first-order valence-corrected chi connectivity index (χ1v) is 11.9. The van der Waals surface area contributed by atoms with Gasteiger partial charge in [0.05, 0.1) is 14.2 Å². The maximum Gasteiger partial charge on any atom is 0.485 e. The first kappa shape index (κ1) is 27.4. The molecule has 0 saturated carbocycles. The van der Waals surface area contributed by atoms with Gasteiger partial charge in [0.1, 0.15) is 24.0 Å². The lowest BCUT2D eigenvalue weighted by Gasteiger charge is -2.08. The van der Waals surface area contributed by atoms with Crippen molar-refractivity contribution < 1.29 is 35.6 Å². The number of methoxy groups -OCH3 is 2. The Balaban J connectivity index is 0.000000412. The molecule has 0 amide bonds. The molecular formula is C18H23F3O5S3. The second-order valence-electron chi connectivity index (χ2n) is 5.40. The summed E-state index contributed by atoms with van der Waals surface area (Å²) in [5.74, 6) is 2.61. The monoisotopic (exact) mass is 472 g/mol. The fourth-order valence-electron chi connectivity index (χ4n) is 1.58. The van der Waals surface area contributed by atoms with Crippen molar-refractivity contribution in [2.45, 2.75) is 16.2 Å². The first-order chi connectivity index (χ1) is 13.4. The highest BCUT2D eigenvalue weighted by Gasteiger charge is 2.36. The van der Waals surface area contributed by atoms with E-state index in [2.05, 4.69) is 37.3 Å². The maximum atomic E-state index is 10.7. The van der Waals surface area contributed by atoms with E-state index in [1.54, 1.807) is 14.2 Å². The summed E-state index contributed by atoms with van der Waals surface area (Å²) in [4.78, 5) is 1.38. The van der Waals surface area contributed by atoms with E-state index in [0.717, 1.165) is 17.3 Å². The van der Waals surface area contributed by atoms with Crippen LogP contribution in [0.4, 0.5) is 13.2 Å². The minimum atomic E-state index is -6.09. The summed E-state index contributed by atoms with van der Waals surface area (Å²) in [5.41, 5.74) is -4.43. The number of ether oxygens (including phenoxy) is 2. The molecule has 0 radical (unpaired) electrons.